The zero-order valence-electron chi connectivity index (χ0n) is 8.80. The maximum Gasteiger partial charge on any atom is 0.0396 e. The number of hydrazone groups is 1. The van der Waals surface area contributed by atoms with Crippen LogP contribution in [-0.2, 0) is 0 Å². The van der Waals surface area contributed by atoms with Crippen LogP contribution < -0.4 is 0 Å². The van der Waals surface area contributed by atoms with Crippen molar-refractivity contribution in [3.8, 4) is 0 Å². The lowest BCUT2D eigenvalue weighted by atomic mass is 10.1. The molecule has 1 fully saturated rings. The van der Waals surface area contributed by atoms with Gasteiger partial charge in [-0.1, -0.05) is 6.08 Å². The van der Waals surface area contributed by atoms with Gasteiger partial charge in [-0.15, -0.1) is 6.58 Å². The monoisotopic (exact) mass is 220 g/mol. The first-order valence-corrected chi connectivity index (χ1v) is 6.28. The molecule has 0 spiro atoms. The van der Waals surface area contributed by atoms with Crippen LogP contribution in [-0.4, -0.2) is 24.3 Å². The SMILES string of the molecule is C=C[C@H](/C=N/N1CCCC1)c1ccsc1. The third kappa shape index (κ3) is 2.69. The second kappa shape index (κ2) is 5.12. The van der Waals surface area contributed by atoms with E-state index in [1.807, 2.05) is 12.3 Å². The molecule has 80 valence electrons. The van der Waals surface area contributed by atoms with Gasteiger partial charge in [0.2, 0.25) is 0 Å². The Hall–Kier alpha value is -1.09. The number of allylic oxidation sites excluding steroid dienone is 1. The van der Waals surface area contributed by atoms with E-state index >= 15 is 0 Å². The van der Waals surface area contributed by atoms with Crippen molar-refractivity contribution in [2.24, 2.45) is 5.10 Å². The molecule has 2 heterocycles. The summed E-state index contributed by atoms with van der Waals surface area (Å²) in [7, 11) is 0. The van der Waals surface area contributed by atoms with Gasteiger partial charge in [-0.25, -0.2) is 0 Å². The Morgan fingerprint density at radius 1 is 1.47 bits per heavy atom. The molecule has 1 aliphatic heterocycles. The van der Waals surface area contributed by atoms with E-state index in [1.54, 1.807) is 11.3 Å². The van der Waals surface area contributed by atoms with Gasteiger partial charge in [-0.2, -0.15) is 16.4 Å². The molecule has 0 radical (unpaired) electrons. The normalized spacial score (nSPS) is 18.5. The Labute approximate surface area is 94.9 Å². The number of hydrogen-bond donors (Lipinski definition) is 0. The van der Waals surface area contributed by atoms with Crippen molar-refractivity contribution >= 4 is 17.6 Å². The summed E-state index contributed by atoms with van der Waals surface area (Å²) in [5.74, 6) is 0.261. The minimum absolute atomic E-state index is 0.261. The molecule has 0 saturated carbocycles. The lowest BCUT2D eigenvalue weighted by Crippen LogP contribution is -2.12. The minimum atomic E-state index is 0.261. The van der Waals surface area contributed by atoms with Crippen LogP contribution in [0.2, 0.25) is 0 Å². The molecule has 0 unspecified atom stereocenters. The second-order valence-electron chi connectivity index (χ2n) is 3.74. The predicted octanol–water partition coefficient (Wildman–Crippen LogP) is 3.10. The minimum Gasteiger partial charge on any atom is -0.297 e. The van der Waals surface area contributed by atoms with Crippen LogP contribution >= 0.6 is 11.3 Å². The molecule has 0 N–H and O–H groups in total. The van der Waals surface area contributed by atoms with E-state index in [2.05, 4.69) is 33.5 Å². The number of rotatable bonds is 4. The number of hydrogen-bond acceptors (Lipinski definition) is 3. The molecule has 1 aromatic rings. The summed E-state index contributed by atoms with van der Waals surface area (Å²) in [4.78, 5) is 0. The highest BCUT2D eigenvalue weighted by Gasteiger charge is 2.09. The van der Waals surface area contributed by atoms with E-state index in [0.717, 1.165) is 13.1 Å². The van der Waals surface area contributed by atoms with Gasteiger partial charge in [0.05, 0.1) is 0 Å². The van der Waals surface area contributed by atoms with Crippen LogP contribution in [0.15, 0.2) is 34.6 Å². The lowest BCUT2D eigenvalue weighted by Gasteiger charge is -2.11. The Balaban J connectivity index is 1.98. The first-order valence-electron chi connectivity index (χ1n) is 5.34. The van der Waals surface area contributed by atoms with Crippen LogP contribution in [0.5, 0.6) is 0 Å². The Kier molecular flexibility index (Phi) is 3.56. The van der Waals surface area contributed by atoms with Crippen LogP contribution in [0.25, 0.3) is 0 Å². The van der Waals surface area contributed by atoms with Crippen LogP contribution in [0.1, 0.15) is 24.3 Å². The molecule has 1 saturated heterocycles. The summed E-state index contributed by atoms with van der Waals surface area (Å²) in [6.45, 7) is 6.06. The van der Waals surface area contributed by atoms with E-state index < -0.39 is 0 Å². The smallest absolute Gasteiger partial charge is 0.0396 e. The van der Waals surface area contributed by atoms with Gasteiger partial charge in [-0.3, -0.25) is 5.01 Å². The summed E-state index contributed by atoms with van der Waals surface area (Å²) in [6, 6.07) is 2.13. The second-order valence-corrected chi connectivity index (χ2v) is 4.52. The van der Waals surface area contributed by atoms with Crippen molar-refractivity contribution in [3.63, 3.8) is 0 Å². The Bertz CT molecular complexity index is 323. The highest BCUT2D eigenvalue weighted by Crippen LogP contribution is 2.18. The molecule has 0 aliphatic carbocycles. The van der Waals surface area contributed by atoms with Gasteiger partial charge < -0.3 is 0 Å². The van der Waals surface area contributed by atoms with Gasteiger partial charge in [0, 0.05) is 25.2 Å². The molecule has 0 bridgehead atoms. The largest absolute Gasteiger partial charge is 0.297 e. The van der Waals surface area contributed by atoms with Crippen molar-refractivity contribution in [1.29, 1.82) is 0 Å². The fourth-order valence-electron chi connectivity index (χ4n) is 1.73. The fraction of sp³-hybridized carbons (Fsp3) is 0.417. The summed E-state index contributed by atoms with van der Waals surface area (Å²) in [5, 5.41) is 10.9. The summed E-state index contributed by atoms with van der Waals surface area (Å²) in [5.41, 5.74) is 1.29. The highest BCUT2D eigenvalue weighted by atomic mass is 32.1. The molecule has 3 heteroatoms. The van der Waals surface area contributed by atoms with Gasteiger partial charge in [0.15, 0.2) is 0 Å². The van der Waals surface area contributed by atoms with Crippen molar-refractivity contribution in [2.45, 2.75) is 18.8 Å². The Morgan fingerprint density at radius 2 is 2.27 bits per heavy atom. The summed E-state index contributed by atoms with van der Waals surface area (Å²) in [6.07, 6.45) is 6.49. The van der Waals surface area contributed by atoms with Gasteiger partial charge in [-0.05, 0) is 35.2 Å². The van der Waals surface area contributed by atoms with Crippen molar-refractivity contribution in [1.82, 2.24) is 5.01 Å². The topological polar surface area (TPSA) is 15.6 Å². The summed E-state index contributed by atoms with van der Waals surface area (Å²) < 4.78 is 0. The van der Waals surface area contributed by atoms with Crippen molar-refractivity contribution < 1.29 is 0 Å². The highest BCUT2D eigenvalue weighted by molar-refractivity contribution is 7.08. The zero-order valence-corrected chi connectivity index (χ0v) is 9.62. The van der Waals surface area contributed by atoms with Gasteiger partial charge in [0.25, 0.3) is 0 Å². The molecule has 0 amide bonds. The zero-order chi connectivity index (χ0) is 10.5. The molecule has 2 rings (SSSR count). The molecule has 15 heavy (non-hydrogen) atoms. The van der Waals surface area contributed by atoms with E-state index in [0.29, 0.717) is 0 Å². The predicted molar refractivity (Wildman–Crippen MR) is 66.6 cm³/mol. The molecule has 1 aromatic heterocycles. The average molecular weight is 220 g/mol. The molecule has 2 nitrogen and oxygen atoms in total. The van der Waals surface area contributed by atoms with Crippen molar-refractivity contribution in [2.75, 3.05) is 13.1 Å². The molecular weight excluding hydrogens is 204 g/mol. The van der Waals surface area contributed by atoms with Crippen LogP contribution in [0.4, 0.5) is 0 Å². The summed E-state index contributed by atoms with van der Waals surface area (Å²) >= 11 is 1.72. The Morgan fingerprint density at radius 3 is 2.87 bits per heavy atom. The third-order valence-corrected chi connectivity index (χ3v) is 3.36. The molecular formula is C12H16N2S. The lowest BCUT2D eigenvalue weighted by molar-refractivity contribution is 0.361. The average Bonchev–Trinajstić information content (AvgIpc) is 2.90. The van der Waals surface area contributed by atoms with Gasteiger partial charge >= 0.3 is 0 Å². The quantitative estimate of drug-likeness (QED) is 0.562. The van der Waals surface area contributed by atoms with E-state index in [1.165, 1.54) is 18.4 Å². The fourth-order valence-corrected chi connectivity index (χ4v) is 2.44. The molecule has 1 atom stereocenters. The van der Waals surface area contributed by atoms with E-state index in [-0.39, 0.29) is 5.92 Å². The standard InChI is InChI=1S/C12H16N2S/c1-2-11(12-5-8-15-10-12)9-13-14-6-3-4-7-14/h2,5,8-11H,1,3-4,6-7H2/b13-9+/t11-/m1/s1. The van der Waals surface area contributed by atoms with Crippen LogP contribution in [0.3, 0.4) is 0 Å². The number of nitrogens with zero attached hydrogens (tertiary/aromatic N) is 2. The number of thiophene rings is 1. The first-order chi connectivity index (χ1) is 7.40. The van der Waals surface area contributed by atoms with Crippen molar-refractivity contribution in [3.05, 3.63) is 35.0 Å². The maximum atomic E-state index is 4.49. The maximum absolute atomic E-state index is 4.49. The van der Waals surface area contributed by atoms with E-state index in [9.17, 15) is 0 Å². The van der Waals surface area contributed by atoms with Gasteiger partial charge in [0.1, 0.15) is 0 Å². The van der Waals surface area contributed by atoms with Crippen LogP contribution in [0, 0.1) is 0 Å². The van der Waals surface area contributed by atoms with E-state index in [4.69, 9.17) is 0 Å². The molecule has 0 aromatic carbocycles. The first kappa shape index (κ1) is 10.4. The third-order valence-electron chi connectivity index (χ3n) is 2.66. The molecule has 1 aliphatic rings.